The van der Waals surface area contributed by atoms with Crippen LogP contribution in [0.15, 0.2) is 35.8 Å². The number of hydrogen-bond donors (Lipinski definition) is 1. The molecule has 0 aliphatic carbocycles. The molecule has 4 aromatic rings. The van der Waals surface area contributed by atoms with Gasteiger partial charge in [-0.05, 0) is 24.4 Å². The molecule has 7 nitrogen and oxygen atoms in total. The van der Waals surface area contributed by atoms with Gasteiger partial charge >= 0.3 is 6.18 Å². The highest BCUT2D eigenvalue weighted by molar-refractivity contribution is 7.13. The summed E-state index contributed by atoms with van der Waals surface area (Å²) < 4.78 is 42.9. The highest BCUT2D eigenvalue weighted by Gasteiger charge is 2.35. The van der Waals surface area contributed by atoms with Gasteiger partial charge < -0.3 is 5.32 Å². The summed E-state index contributed by atoms with van der Waals surface area (Å²) in [6.07, 6.45) is -3.20. The van der Waals surface area contributed by atoms with Gasteiger partial charge in [0.2, 0.25) is 0 Å². The summed E-state index contributed by atoms with van der Waals surface area (Å²) in [4.78, 5) is 17.3. The molecule has 0 spiro atoms. The summed E-state index contributed by atoms with van der Waals surface area (Å²) in [5, 5.41) is 12.2. The molecule has 144 valence electrons. The summed E-state index contributed by atoms with van der Waals surface area (Å²) in [6.45, 7) is 1.75. The van der Waals surface area contributed by atoms with Crippen LogP contribution in [0.5, 0.6) is 0 Å². The fourth-order valence-corrected chi connectivity index (χ4v) is 3.33. The van der Waals surface area contributed by atoms with E-state index in [1.54, 1.807) is 36.2 Å². The summed E-state index contributed by atoms with van der Waals surface area (Å²) in [6, 6.07) is 5.57. The van der Waals surface area contributed by atoms with Crippen molar-refractivity contribution in [2.24, 2.45) is 7.05 Å². The van der Waals surface area contributed by atoms with Gasteiger partial charge in [-0.25, -0.2) is 9.50 Å². The van der Waals surface area contributed by atoms with Gasteiger partial charge in [-0.15, -0.1) is 11.3 Å². The van der Waals surface area contributed by atoms with E-state index in [1.165, 1.54) is 23.6 Å². The first-order valence-corrected chi connectivity index (χ1v) is 8.94. The molecule has 11 heteroatoms. The van der Waals surface area contributed by atoms with E-state index in [4.69, 9.17) is 0 Å². The number of aromatic nitrogens is 5. The SMILES string of the molecule is Cc1c(NC(=O)c2cc3nc(-c4cccs4)cc(C(F)(F)F)n3n2)cnn1C. The lowest BCUT2D eigenvalue weighted by Crippen LogP contribution is -2.16. The number of amides is 1. The number of hydrogen-bond acceptors (Lipinski definition) is 5. The minimum atomic E-state index is -4.66. The van der Waals surface area contributed by atoms with Gasteiger partial charge in [0.1, 0.15) is 0 Å². The zero-order valence-electron chi connectivity index (χ0n) is 14.7. The third kappa shape index (κ3) is 3.13. The Balaban J connectivity index is 1.79. The van der Waals surface area contributed by atoms with Crippen LogP contribution in [0.4, 0.5) is 18.9 Å². The Morgan fingerprint density at radius 2 is 2.07 bits per heavy atom. The molecule has 0 aromatic carbocycles. The molecular formula is C17H13F3N6OS. The topological polar surface area (TPSA) is 77.1 Å². The number of fused-ring (bicyclic) bond motifs is 1. The van der Waals surface area contributed by atoms with E-state index in [0.717, 1.165) is 6.07 Å². The molecule has 0 aliphatic rings. The average molecular weight is 406 g/mol. The number of halogens is 3. The molecule has 4 aromatic heterocycles. The van der Waals surface area contributed by atoms with Crippen molar-refractivity contribution < 1.29 is 18.0 Å². The molecule has 0 unspecified atom stereocenters. The Morgan fingerprint density at radius 3 is 2.68 bits per heavy atom. The summed E-state index contributed by atoms with van der Waals surface area (Å²) >= 11 is 1.27. The van der Waals surface area contributed by atoms with Crippen LogP contribution in [0.25, 0.3) is 16.2 Å². The fourth-order valence-electron chi connectivity index (χ4n) is 2.65. The number of rotatable bonds is 3. The van der Waals surface area contributed by atoms with Crippen molar-refractivity contribution in [3.63, 3.8) is 0 Å². The molecule has 0 aliphatic heterocycles. The number of nitrogens with one attached hydrogen (secondary N) is 1. The lowest BCUT2D eigenvalue weighted by Gasteiger charge is -2.10. The molecule has 0 radical (unpaired) electrons. The second-order valence-electron chi connectivity index (χ2n) is 6.02. The number of carbonyl (C=O) groups excluding carboxylic acids is 1. The maximum atomic E-state index is 13.6. The third-order valence-electron chi connectivity index (χ3n) is 4.21. The van der Waals surface area contributed by atoms with Crippen molar-refractivity contribution in [3.05, 3.63) is 52.9 Å². The predicted octanol–water partition coefficient (Wildman–Crippen LogP) is 3.77. The Hall–Kier alpha value is -3.21. The van der Waals surface area contributed by atoms with E-state index in [9.17, 15) is 18.0 Å². The standard InChI is InChI=1S/C17H13F3N6OS/c1-9-12(8-21-25(9)2)23-16(27)11-7-15-22-10(13-4-3-5-28-13)6-14(17(18,19)20)26(15)24-11/h3-8H,1-2H3,(H,23,27). The second kappa shape index (κ2) is 6.44. The van der Waals surface area contributed by atoms with Crippen LogP contribution in [-0.2, 0) is 13.2 Å². The zero-order valence-corrected chi connectivity index (χ0v) is 15.5. The first-order valence-electron chi connectivity index (χ1n) is 8.06. The summed E-state index contributed by atoms with van der Waals surface area (Å²) in [7, 11) is 1.71. The quantitative estimate of drug-likeness (QED) is 0.562. The Bertz CT molecular complexity index is 1180. The number of carbonyl (C=O) groups is 1. The molecule has 4 rings (SSSR count). The van der Waals surface area contributed by atoms with E-state index in [1.807, 2.05) is 0 Å². The van der Waals surface area contributed by atoms with Gasteiger partial charge in [0, 0.05) is 13.1 Å². The predicted molar refractivity (Wildman–Crippen MR) is 97.2 cm³/mol. The number of alkyl halides is 3. The van der Waals surface area contributed by atoms with E-state index in [2.05, 4.69) is 20.5 Å². The lowest BCUT2D eigenvalue weighted by molar-refractivity contribution is -0.142. The normalized spacial score (nSPS) is 11.9. The molecular weight excluding hydrogens is 393 g/mol. The van der Waals surface area contributed by atoms with Gasteiger partial charge in [0.25, 0.3) is 5.91 Å². The van der Waals surface area contributed by atoms with E-state index in [-0.39, 0.29) is 17.0 Å². The highest BCUT2D eigenvalue weighted by Crippen LogP contribution is 2.33. The fraction of sp³-hybridized carbons (Fsp3) is 0.176. The van der Waals surface area contributed by atoms with Gasteiger partial charge in [-0.3, -0.25) is 9.48 Å². The molecule has 0 bridgehead atoms. The van der Waals surface area contributed by atoms with Crippen molar-refractivity contribution >= 4 is 28.6 Å². The van der Waals surface area contributed by atoms with Crippen molar-refractivity contribution in [3.8, 4) is 10.6 Å². The maximum absolute atomic E-state index is 13.6. The molecule has 0 atom stereocenters. The molecule has 0 saturated carbocycles. The summed E-state index contributed by atoms with van der Waals surface area (Å²) in [5.74, 6) is -0.646. The summed E-state index contributed by atoms with van der Waals surface area (Å²) in [5.41, 5.74) is 0.0807. The number of nitrogens with zero attached hydrogens (tertiary/aromatic N) is 5. The molecule has 0 saturated heterocycles. The molecule has 1 N–H and O–H groups in total. The van der Waals surface area contributed by atoms with E-state index >= 15 is 0 Å². The molecule has 1 amide bonds. The molecule has 28 heavy (non-hydrogen) atoms. The van der Waals surface area contributed by atoms with Crippen LogP contribution in [0.1, 0.15) is 21.9 Å². The minimum Gasteiger partial charge on any atom is -0.318 e. The number of anilines is 1. The van der Waals surface area contributed by atoms with Crippen LogP contribution in [0.2, 0.25) is 0 Å². The second-order valence-corrected chi connectivity index (χ2v) is 6.97. The smallest absolute Gasteiger partial charge is 0.318 e. The molecule has 4 heterocycles. The first kappa shape index (κ1) is 18.2. The zero-order chi connectivity index (χ0) is 20.1. The van der Waals surface area contributed by atoms with Gasteiger partial charge in [-0.1, -0.05) is 6.07 Å². The van der Waals surface area contributed by atoms with Crippen LogP contribution < -0.4 is 5.32 Å². The van der Waals surface area contributed by atoms with E-state index in [0.29, 0.717) is 20.8 Å². The van der Waals surface area contributed by atoms with Gasteiger partial charge in [0.15, 0.2) is 17.0 Å². The Labute approximate surface area is 160 Å². The molecule has 0 fully saturated rings. The van der Waals surface area contributed by atoms with Crippen molar-refractivity contribution in [1.82, 2.24) is 24.4 Å². The van der Waals surface area contributed by atoms with Gasteiger partial charge in [-0.2, -0.15) is 23.4 Å². The number of aryl methyl sites for hydroxylation is 1. The first-order chi connectivity index (χ1) is 13.2. The average Bonchev–Trinajstić information content (AvgIpc) is 3.36. The number of thiophene rings is 1. The van der Waals surface area contributed by atoms with Crippen LogP contribution in [-0.4, -0.2) is 30.3 Å². The monoisotopic (exact) mass is 406 g/mol. The maximum Gasteiger partial charge on any atom is 0.433 e. The highest BCUT2D eigenvalue weighted by atomic mass is 32.1. The van der Waals surface area contributed by atoms with Crippen LogP contribution in [0, 0.1) is 6.92 Å². The lowest BCUT2D eigenvalue weighted by atomic mass is 10.2. The van der Waals surface area contributed by atoms with Crippen molar-refractivity contribution in [1.29, 1.82) is 0 Å². The largest absolute Gasteiger partial charge is 0.433 e. The van der Waals surface area contributed by atoms with Gasteiger partial charge in [0.05, 0.1) is 28.1 Å². The van der Waals surface area contributed by atoms with E-state index < -0.39 is 17.8 Å². The van der Waals surface area contributed by atoms with Crippen molar-refractivity contribution in [2.45, 2.75) is 13.1 Å². The Morgan fingerprint density at radius 1 is 1.29 bits per heavy atom. The van der Waals surface area contributed by atoms with Crippen LogP contribution in [0.3, 0.4) is 0 Å². The van der Waals surface area contributed by atoms with Crippen LogP contribution >= 0.6 is 11.3 Å². The minimum absolute atomic E-state index is 0.0636. The Kier molecular flexibility index (Phi) is 4.18. The van der Waals surface area contributed by atoms with Crippen molar-refractivity contribution in [2.75, 3.05) is 5.32 Å². The third-order valence-corrected chi connectivity index (χ3v) is 5.10.